The number of rotatable bonds is 4. The van der Waals surface area contributed by atoms with Crippen LogP contribution in [-0.2, 0) is 12.8 Å². The maximum Gasteiger partial charge on any atom is 0.119 e. The molecule has 5 heteroatoms. The second-order valence-electron chi connectivity index (χ2n) is 3.94. The molecule has 0 aliphatic rings. The van der Waals surface area contributed by atoms with Gasteiger partial charge in [-0.15, -0.1) is 11.8 Å². The summed E-state index contributed by atoms with van der Waals surface area (Å²) in [7, 11) is 3.66. The third-order valence-corrected chi connectivity index (χ3v) is 4.71. The second kappa shape index (κ2) is 5.80. The van der Waals surface area contributed by atoms with Gasteiger partial charge in [0.25, 0.3) is 0 Å². The van der Waals surface area contributed by atoms with Crippen LogP contribution >= 0.6 is 27.7 Å². The molecule has 0 saturated carbocycles. The largest absolute Gasteiger partial charge is 0.497 e. The molecule has 0 amide bonds. The maximum absolute atomic E-state index is 5.22. The van der Waals surface area contributed by atoms with Crippen LogP contribution in [0.2, 0.25) is 0 Å². The summed E-state index contributed by atoms with van der Waals surface area (Å²) in [5, 5.41) is 4.39. The Morgan fingerprint density at radius 2 is 2.22 bits per heavy atom. The first-order valence-electron chi connectivity index (χ1n) is 5.56. The molecule has 0 unspecified atom stereocenters. The minimum atomic E-state index is 0.880. The van der Waals surface area contributed by atoms with Gasteiger partial charge in [-0.25, -0.2) is 0 Å². The van der Waals surface area contributed by atoms with Crippen molar-refractivity contribution in [3.05, 3.63) is 40.1 Å². The summed E-state index contributed by atoms with van der Waals surface area (Å²) in [5.41, 5.74) is 2.22. The number of thioether (sulfide) groups is 1. The van der Waals surface area contributed by atoms with Gasteiger partial charge in [0.15, 0.2) is 0 Å². The molecular formula is C13H15BrN2OS. The van der Waals surface area contributed by atoms with E-state index >= 15 is 0 Å². The highest BCUT2D eigenvalue weighted by Crippen LogP contribution is 2.29. The maximum atomic E-state index is 5.22. The molecule has 2 rings (SSSR count). The topological polar surface area (TPSA) is 27.1 Å². The SMILES string of the molecule is COc1cccc(SCc2c(Br)c(C)nn2C)c1. The highest BCUT2D eigenvalue weighted by molar-refractivity contribution is 9.10. The van der Waals surface area contributed by atoms with Crippen molar-refractivity contribution in [3.63, 3.8) is 0 Å². The van der Waals surface area contributed by atoms with Crippen LogP contribution in [0.25, 0.3) is 0 Å². The van der Waals surface area contributed by atoms with Gasteiger partial charge >= 0.3 is 0 Å². The normalized spacial score (nSPS) is 10.7. The lowest BCUT2D eigenvalue weighted by atomic mass is 10.3. The molecule has 0 bridgehead atoms. The van der Waals surface area contributed by atoms with Gasteiger partial charge in [0.05, 0.1) is 23.0 Å². The van der Waals surface area contributed by atoms with E-state index in [-0.39, 0.29) is 0 Å². The van der Waals surface area contributed by atoms with E-state index in [2.05, 4.69) is 27.1 Å². The van der Waals surface area contributed by atoms with Gasteiger partial charge in [-0.05, 0) is 41.1 Å². The molecule has 1 aromatic carbocycles. The third-order valence-electron chi connectivity index (χ3n) is 2.68. The number of nitrogens with zero attached hydrogens (tertiary/aromatic N) is 2. The first kappa shape index (κ1) is 13.5. The molecule has 0 atom stereocenters. The van der Waals surface area contributed by atoms with Crippen LogP contribution in [0, 0.1) is 6.92 Å². The number of hydrogen-bond acceptors (Lipinski definition) is 3. The molecule has 0 fully saturated rings. The Kier molecular flexibility index (Phi) is 4.35. The fraction of sp³-hybridized carbons (Fsp3) is 0.308. The first-order chi connectivity index (χ1) is 8.61. The summed E-state index contributed by atoms with van der Waals surface area (Å²) in [5.74, 6) is 1.77. The summed E-state index contributed by atoms with van der Waals surface area (Å²) >= 11 is 5.36. The highest BCUT2D eigenvalue weighted by atomic mass is 79.9. The van der Waals surface area contributed by atoms with Crippen molar-refractivity contribution in [1.29, 1.82) is 0 Å². The lowest BCUT2D eigenvalue weighted by Crippen LogP contribution is -1.96. The van der Waals surface area contributed by atoms with Gasteiger partial charge in [-0.3, -0.25) is 4.68 Å². The van der Waals surface area contributed by atoms with Gasteiger partial charge in [0.2, 0.25) is 0 Å². The zero-order chi connectivity index (χ0) is 13.1. The van der Waals surface area contributed by atoms with Crippen molar-refractivity contribution in [2.45, 2.75) is 17.6 Å². The minimum Gasteiger partial charge on any atom is -0.497 e. The molecule has 0 saturated heterocycles. The smallest absolute Gasteiger partial charge is 0.119 e. The van der Waals surface area contributed by atoms with Gasteiger partial charge in [-0.1, -0.05) is 6.07 Å². The molecule has 1 aromatic heterocycles. The summed E-state index contributed by atoms with van der Waals surface area (Å²) in [4.78, 5) is 1.19. The van der Waals surface area contributed by atoms with Gasteiger partial charge in [0.1, 0.15) is 5.75 Å². The van der Waals surface area contributed by atoms with Crippen LogP contribution in [-0.4, -0.2) is 16.9 Å². The molecular weight excluding hydrogens is 312 g/mol. The summed E-state index contributed by atoms with van der Waals surface area (Å²) in [6.07, 6.45) is 0. The average Bonchev–Trinajstić information content (AvgIpc) is 2.61. The third kappa shape index (κ3) is 2.90. The summed E-state index contributed by atoms with van der Waals surface area (Å²) in [6.45, 7) is 2.00. The van der Waals surface area contributed by atoms with Crippen molar-refractivity contribution in [1.82, 2.24) is 9.78 Å². The molecule has 1 heterocycles. The monoisotopic (exact) mass is 326 g/mol. The predicted molar refractivity (Wildman–Crippen MR) is 78.2 cm³/mol. The molecule has 3 nitrogen and oxygen atoms in total. The predicted octanol–water partition coefficient (Wildman–Crippen LogP) is 3.79. The number of halogens is 1. The number of hydrogen-bond donors (Lipinski definition) is 0. The van der Waals surface area contributed by atoms with Crippen LogP contribution in [0.3, 0.4) is 0 Å². The number of methoxy groups -OCH3 is 1. The van der Waals surface area contributed by atoms with E-state index in [9.17, 15) is 0 Å². The van der Waals surface area contributed by atoms with Gasteiger partial charge in [0, 0.05) is 17.7 Å². The Balaban J connectivity index is 2.11. The van der Waals surface area contributed by atoms with E-state index in [4.69, 9.17) is 4.74 Å². The van der Waals surface area contributed by atoms with Gasteiger partial charge < -0.3 is 4.74 Å². The fourth-order valence-corrected chi connectivity index (χ4v) is 3.35. The molecule has 0 radical (unpaired) electrons. The summed E-state index contributed by atoms with van der Waals surface area (Å²) < 4.78 is 8.24. The van der Waals surface area contributed by atoms with E-state index in [1.807, 2.05) is 36.9 Å². The van der Waals surface area contributed by atoms with Crippen molar-refractivity contribution in [2.24, 2.45) is 7.05 Å². The standard InChI is InChI=1S/C13H15BrN2OS/c1-9-13(14)12(16(2)15-9)8-18-11-6-4-5-10(7-11)17-3/h4-7H,8H2,1-3H3. The molecule has 2 aromatic rings. The van der Waals surface area contributed by atoms with Crippen molar-refractivity contribution in [2.75, 3.05) is 7.11 Å². The zero-order valence-corrected chi connectivity index (χ0v) is 13.0. The van der Waals surface area contributed by atoms with E-state index < -0.39 is 0 Å². The Hall–Kier alpha value is -0.940. The zero-order valence-electron chi connectivity index (χ0n) is 10.6. The highest BCUT2D eigenvalue weighted by Gasteiger charge is 2.10. The number of aryl methyl sites for hydroxylation is 2. The molecule has 96 valence electrons. The molecule has 0 aliphatic carbocycles. The number of benzene rings is 1. The van der Waals surface area contributed by atoms with Crippen molar-refractivity contribution < 1.29 is 4.74 Å². The van der Waals surface area contributed by atoms with Crippen LogP contribution in [0.4, 0.5) is 0 Å². The van der Waals surface area contributed by atoms with E-state index in [1.165, 1.54) is 10.6 Å². The van der Waals surface area contributed by atoms with E-state index in [0.717, 1.165) is 21.7 Å². The van der Waals surface area contributed by atoms with Crippen LogP contribution in [0.15, 0.2) is 33.6 Å². The lowest BCUT2D eigenvalue weighted by Gasteiger charge is -2.05. The first-order valence-corrected chi connectivity index (χ1v) is 7.34. The number of aromatic nitrogens is 2. The van der Waals surface area contributed by atoms with Crippen molar-refractivity contribution in [3.8, 4) is 5.75 Å². The number of ether oxygens (including phenoxy) is 1. The molecule has 18 heavy (non-hydrogen) atoms. The quantitative estimate of drug-likeness (QED) is 0.800. The molecule has 0 spiro atoms. The Morgan fingerprint density at radius 3 is 2.83 bits per heavy atom. The van der Waals surface area contributed by atoms with E-state index in [1.54, 1.807) is 18.9 Å². The second-order valence-corrected chi connectivity index (χ2v) is 5.78. The Bertz CT molecular complexity index is 554. The minimum absolute atomic E-state index is 0.880. The summed E-state index contributed by atoms with van der Waals surface area (Å²) in [6, 6.07) is 8.09. The molecule has 0 aliphatic heterocycles. The lowest BCUT2D eigenvalue weighted by molar-refractivity contribution is 0.413. The van der Waals surface area contributed by atoms with Crippen molar-refractivity contribution >= 4 is 27.7 Å². The van der Waals surface area contributed by atoms with Gasteiger partial charge in [-0.2, -0.15) is 5.10 Å². The van der Waals surface area contributed by atoms with Crippen LogP contribution in [0.5, 0.6) is 5.75 Å². The molecule has 0 N–H and O–H groups in total. The van der Waals surface area contributed by atoms with Crippen LogP contribution < -0.4 is 4.74 Å². The Labute approximate surface area is 120 Å². The van der Waals surface area contributed by atoms with Crippen LogP contribution in [0.1, 0.15) is 11.4 Å². The van der Waals surface area contributed by atoms with E-state index in [0.29, 0.717) is 0 Å². The fourth-order valence-electron chi connectivity index (χ4n) is 1.68. The average molecular weight is 327 g/mol. The Morgan fingerprint density at radius 1 is 1.44 bits per heavy atom.